The van der Waals surface area contributed by atoms with Gasteiger partial charge in [-0.05, 0) is 17.7 Å². The fraction of sp³-hybridized carbons (Fsp3) is 0.200. The van der Waals surface area contributed by atoms with Crippen LogP contribution >= 0.6 is 0 Å². The molecule has 2 nitrogen and oxygen atoms in total. The van der Waals surface area contributed by atoms with Crippen molar-refractivity contribution >= 4 is 11.0 Å². The number of hydrogen-bond acceptors (Lipinski definition) is 2. The monoisotopic (exact) mass is 215 g/mol. The summed E-state index contributed by atoms with van der Waals surface area (Å²) >= 11 is 0. The molecule has 2 rings (SSSR count). The molecular weight excluding hydrogens is 207 g/mol. The van der Waals surface area contributed by atoms with E-state index in [1.807, 2.05) is 0 Å². The molecule has 0 aliphatic rings. The van der Waals surface area contributed by atoms with Gasteiger partial charge in [0.25, 0.3) is 0 Å². The van der Waals surface area contributed by atoms with Crippen LogP contribution in [0.25, 0.3) is 11.0 Å². The van der Waals surface area contributed by atoms with Crippen LogP contribution in [-0.4, -0.2) is 0 Å². The van der Waals surface area contributed by atoms with Crippen molar-refractivity contribution in [2.24, 2.45) is 5.73 Å². The third-order valence-corrected chi connectivity index (χ3v) is 2.15. The van der Waals surface area contributed by atoms with Crippen LogP contribution in [0.1, 0.15) is 11.3 Å². The number of nitrogens with two attached hydrogens (primary N) is 1. The van der Waals surface area contributed by atoms with Crippen LogP contribution in [0, 0.1) is 0 Å². The van der Waals surface area contributed by atoms with Crippen molar-refractivity contribution in [2.75, 3.05) is 0 Å². The van der Waals surface area contributed by atoms with E-state index in [-0.39, 0.29) is 12.1 Å². The molecule has 0 saturated heterocycles. The predicted molar refractivity (Wildman–Crippen MR) is 49.1 cm³/mol. The molecule has 0 aliphatic heterocycles. The molecular formula is C10H8F3NO. The van der Waals surface area contributed by atoms with Crippen molar-refractivity contribution in [1.82, 2.24) is 0 Å². The summed E-state index contributed by atoms with van der Waals surface area (Å²) in [4.78, 5) is 0. The lowest BCUT2D eigenvalue weighted by Gasteiger charge is -1.98. The minimum atomic E-state index is -4.45. The van der Waals surface area contributed by atoms with Gasteiger partial charge >= 0.3 is 6.18 Å². The van der Waals surface area contributed by atoms with Crippen molar-refractivity contribution < 1.29 is 17.6 Å². The number of hydrogen-bond donors (Lipinski definition) is 1. The zero-order valence-corrected chi connectivity index (χ0v) is 7.64. The molecule has 0 spiro atoms. The maximum Gasteiger partial charge on any atom is 0.449 e. The van der Waals surface area contributed by atoms with Crippen LogP contribution in [0.15, 0.2) is 28.7 Å². The van der Waals surface area contributed by atoms with Gasteiger partial charge < -0.3 is 10.2 Å². The quantitative estimate of drug-likeness (QED) is 0.794. The summed E-state index contributed by atoms with van der Waals surface area (Å²) in [5.74, 6) is -0.988. The lowest BCUT2D eigenvalue weighted by molar-refractivity contribution is -0.152. The Balaban J connectivity index is 2.65. The van der Waals surface area contributed by atoms with E-state index >= 15 is 0 Å². The molecule has 1 heterocycles. The zero-order chi connectivity index (χ0) is 11.1. The topological polar surface area (TPSA) is 39.2 Å². The lowest BCUT2D eigenvalue weighted by atomic mass is 10.1. The first-order chi connectivity index (χ1) is 7.02. The van der Waals surface area contributed by atoms with Crippen molar-refractivity contribution in [3.05, 3.63) is 35.6 Å². The van der Waals surface area contributed by atoms with Gasteiger partial charge in [0.2, 0.25) is 5.76 Å². The van der Waals surface area contributed by atoms with E-state index in [9.17, 15) is 13.2 Å². The van der Waals surface area contributed by atoms with E-state index in [0.717, 1.165) is 6.07 Å². The standard InChI is InChI=1S/C10H8F3NO/c11-10(12,13)9-4-7-6(5-14)2-1-3-8(7)15-9/h1-4H,5,14H2. The molecule has 0 amide bonds. The molecule has 5 heteroatoms. The molecule has 1 aromatic heterocycles. The Morgan fingerprint density at radius 2 is 2.00 bits per heavy atom. The van der Waals surface area contributed by atoms with Crippen LogP contribution in [0.2, 0.25) is 0 Å². The van der Waals surface area contributed by atoms with Crippen molar-refractivity contribution in [2.45, 2.75) is 12.7 Å². The molecule has 0 aliphatic carbocycles. The summed E-state index contributed by atoms with van der Waals surface area (Å²) in [6, 6.07) is 5.77. The average molecular weight is 215 g/mol. The minimum Gasteiger partial charge on any atom is -0.451 e. The first-order valence-corrected chi connectivity index (χ1v) is 4.31. The zero-order valence-electron chi connectivity index (χ0n) is 7.64. The SMILES string of the molecule is NCc1cccc2oc(C(F)(F)F)cc12. The second-order valence-corrected chi connectivity index (χ2v) is 3.14. The molecule has 80 valence electrons. The number of alkyl halides is 3. The second kappa shape index (κ2) is 3.27. The van der Waals surface area contributed by atoms with Crippen LogP contribution in [0.4, 0.5) is 13.2 Å². The summed E-state index contributed by atoms with van der Waals surface area (Å²) in [7, 11) is 0. The number of benzene rings is 1. The Hall–Kier alpha value is -1.49. The Kier molecular flexibility index (Phi) is 2.19. The van der Waals surface area contributed by atoms with Crippen molar-refractivity contribution in [1.29, 1.82) is 0 Å². The Bertz CT molecular complexity index is 487. The molecule has 2 aromatic rings. The predicted octanol–water partition coefficient (Wildman–Crippen LogP) is 2.91. The van der Waals surface area contributed by atoms with Crippen LogP contribution in [0.5, 0.6) is 0 Å². The van der Waals surface area contributed by atoms with E-state index < -0.39 is 11.9 Å². The molecule has 2 N–H and O–H groups in total. The van der Waals surface area contributed by atoms with E-state index in [2.05, 4.69) is 0 Å². The minimum absolute atomic E-state index is 0.189. The van der Waals surface area contributed by atoms with Gasteiger partial charge in [-0.3, -0.25) is 0 Å². The van der Waals surface area contributed by atoms with E-state index in [1.54, 1.807) is 12.1 Å². The van der Waals surface area contributed by atoms with Gasteiger partial charge in [-0.15, -0.1) is 0 Å². The number of halogens is 3. The van der Waals surface area contributed by atoms with Gasteiger partial charge in [0.1, 0.15) is 5.58 Å². The molecule has 0 saturated carbocycles. The Morgan fingerprint density at radius 1 is 1.27 bits per heavy atom. The largest absolute Gasteiger partial charge is 0.451 e. The number of furan rings is 1. The molecule has 0 atom stereocenters. The van der Waals surface area contributed by atoms with Crippen molar-refractivity contribution in [3.8, 4) is 0 Å². The maximum atomic E-state index is 12.3. The molecule has 0 bridgehead atoms. The first-order valence-electron chi connectivity index (χ1n) is 4.31. The fourth-order valence-electron chi connectivity index (χ4n) is 1.44. The first kappa shape index (κ1) is 10.0. The Labute approximate surface area is 83.5 Å². The summed E-state index contributed by atoms with van der Waals surface area (Å²) in [5, 5.41) is 0.423. The summed E-state index contributed by atoms with van der Waals surface area (Å²) in [6.45, 7) is 0.189. The highest BCUT2D eigenvalue weighted by molar-refractivity contribution is 5.81. The lowest BCUT2D eigenvalue weighted by Crippen LogP contribution is -2.02. The van der Waals surface area contributed by atoms with E-state index in [0.29, 0.717) is 10.9 Å². The third kappa shape index (κ3) is 1.70. The van der Waals surface area contributed by atoms with Crippen LogP contribution in [-0.2, 0) is 12.7 Å². The van der Waals surface area contributed by atoms with Crippen LogP contribution in [0.3, 0.4) is 0 Å². The Morgan fingerprint density at radius 3 is 2.60 bits per heavy atom. The van der Waals surface area contributed by atoms with E-state index in [4.69, 9.17) is 10.2 Å². The van der Waals surface area contributed by atoms with Gasteiger partial charge in [0, 0.05) is 11.9 Å². The summed E-state index contributed by atoms with van der Waals surface area (Å²) in [6.07, 6.45) is -4.45. The highest BCUT2D eigenvalue weighted by Crippen LogP contribution is 2.34. The molecule has 0 fully saturated rings. The van der Waals surface area contributed by atoms with Gasteiger partial charge in [-0.1, -0.05) is 12.1 Å². The smallest absolute Gasteiger partial charge is 0.449 e. The fourth-order valence-corrected chi connectivity index (χ4v) is 1.44. The van der Waals surface area contributed by atoms with Crippen LogP contribution < -0.4 is 5.73 Å². The van der Waals surface area contributed by atoms with Gasteiger partial charge in [-0.2, -0.15) is 13.2 Å². The molecule has 0 radical (unpaired) electrons. The molecule has 15 heavy (non-hydrogen) atoms. The molecule has 1 aromatic carbocycles. The molecule has 0 unspecified atom stereocenters. The third-order valence-electron chi connectivity index (χ3n) is 2.15. The normalized spacial score (nSPS) is 12.3. The highest BCUT2D eigenvalue weighted by Gasteiger charge is 2.35. The van der Waals surface area contributed by atoms with Crippen molar-refractivity contribution in [3.63, 3.8) is 0 Å². The maximum absolute atomic E-state index is 12.3. The van der Waals surface area contributed by atoms with Gasteiger partial charge in [-0.25, -0.2) is 0 Å². The average Bonchev–Trinajstić information content (AvgIpc) is 2.59. The van der Waals surface area contributed by atoms with Gasteiger partial charge in [0.05, 0.1) is 0 Å². The number of fused-ring (bicyclic) bond motifs is 1. The second-order valence-electron chi connectivity index (χ2n) is 3.14. The highest BCUT2D eigenvalue weighted by atomic mass is 19.4. The number of rotatable bonds is 1. The summed E-state index contributed by atoms with van der Waals surface area (Å²) < 4.78 is 41.7. The summed E-state index contributed by atoms with van der Waals surface area (Å²) in [5.41, 5.74) is 6.27. The van der Waals surface area contributed by atoms with Gasteiger partial charge in [0.15, 0.2) is 0 Å². The van der Waals surface area contributed by atoms with E-state index in [1.165, 1.54) is 6.07 Å².